The molecule has 1 aromatic heterocycles. The van der Waals surface area contributed by atoms with Crippen LogP contribution in [0, 0.1) is 0 Å². The lowest BCUT2D eigenvalue weighted by molar-refractivity contribution is 0.414. The topological polar surface area (TPSA) is 24.5 Å². The molecular formula is C20H18N2OS. The normalized spacial score (nSPS) is 16.6. The standard InChI is InChI=1S/C20H18N2OS/c1-23-17-10-5-7-15(13-17)18-14-19(20-11-6-12-24-20)22(21-18)16-8-3-2-4-9-16/h2-14,19,21H,1H3. The number of thiophene rings is 1. The van der Waals surface area contributed by atoms with Gasteiger partial charge in [-0.25, -0.2) is 0 Å². The van der Waals surface area contributed by atoms with Crippen molar-refractivity contribution >= 4 is 22.7 Å². The molecular weight excluding hydrogens is 316 g/mol. The summed E-state index contributed by atoms with van der Waals surface area (Å²) in [4.78, 5) is 1.31. The molecule has 3 nitrogen and oxygen atoms in total. The number of hydrogen-bond donors (Lipinski definition) is 1. The molecule has 1 aliphatic rings. The molecule has 0 spiro atoms. The molecule has 0 aliphatic carbocycles. The third-order valence-corrected chi connectivity index (χ3v) is 5.04. The van der Waals surface area contributed by atoms with E-state index in [1.54, 1.807) is 18.4 Å². The zero-order valence-corrected chi connectivity index (χ0v) is 14.2. The van der Waals surface area contributed by atoms with Crippen molar-refractivity contribution in [1.82, 2.24) is 5.43 Å². The summed E-state index contributed by atoms with van der Waals surface area (Å²) in [5.74, 6) is 0.862. The van der Waals surface area contributed by atoms with Gasteiger partial charge in [-0.1, -0.05) is 36.4 Å². The van der Waals surface area contributed by atoms with Crippen LogP contribution < -0.4 is 15.2 Å². The lowest BCUT2D eigenvalue weighted by Crippen LogP contribution is -2.33. The van der Waals surface area contributed by atoms with Crippen LogP contribution in [-0.2, 0) is 0 Å². The molecule has 0 saturated carbocycles. The number of nitrogens with zero attached hydrogens (tertiary/aromatic N) is 1. The van der Waals surface area contributed by atoms with Crippen molar-refractivity contribution in [2.24, 2.45) is 0 Å². The Labute approximate surface area is 145 Å². The van der Waals surface area contributed by atoms with E-state index in [0.717, 1.165) is 22.7 Å². The maximum Gasteiger partial charge on any atom is 0.119 e. The Morgan fingerprint density at radius 1 is 1.00 bits per heavy atom. The summed E-state index contributed by atoms with van der Waals surface area (Å²) in [6.07, 6.45) is 2.27. The van der Waals surface area contributed by atoms with Crippen LogP contribution in [-0.4, -0.2) is 7.11 Å². The maximum atomic E-state index is 5.36. The summed E-state index contributed by atoms with van der Waals surface area (Å²) in [7, 11) is 1.69. The highest BCUT2D eigenvalue weighted by molar-refractivity contribution is 7.10. The first-order valence-electron chi connectivity index (χ1n) is 7.86. The number of anilines is 1. The number of para-hydroxylation sites is 1. The van der Waals surface area contributed by atoms with Gasteiger partial charge < -0.3 is 4.74 Å². The second kappa shape index (κ2) is 6.42. The molecule has 120 valence electrons. The fourth-order valence-corrected chi connectivity index (χ4v) is 3.69. The Balaban J connectivity index is 1.73. The van der Waals surface area contributed by atoms with Gasteiger partial charge in [-0.2, -0.15) is 0 Å². The van der Waals surface area contributed by atoms with E-state index in [0.29, 0.717) is 0 Å². The SMILES string of the molecule is COc1cccc(C2=CC(c3cccs3)N(c3ccccc3)N2)c1. The lowest BCUT2D eigenvalue weighted by atomic mass is 10.1. The van der Waals surface area contributed by atoms with Gasteiger partial charge in [-0.05, 0) is 41.8 Å². The van der Waals surface area contributed by atoms with E-state index in [9.17, 15) is 0 Å². The number of benzene rings is 2. The van der Waals surface area contributed by atoms with Gasteiger partial charge in [-0.3, -0.25) is 10.4 Å². The smallest absolute Gasteiger partial charge is 0.119 e. The third kappa shape index (κ3) is 2.76. The van der Waals surface area contributed by atoms with Crippen LogP contribution in [0.4, 0.5) is 5.69 Å². The molecule has 3 aromatic rings. The zero-order valence-electron chi connectivity index (χ0n) is 13.3. The number of methoxy groups -OCH3 is 1. The molecule has 24 heavy (non-hydrogen) atoms. The van der Waals surface area contributed by atoms with Crippen molar-refractivity contribution in [3.63, 3.8) is 0 Å². The van der Waals surface area contributed by atoms with Crippen LogP contribution in [0.25, 0.3) is 5.70 Å². The Bertz CT molecular complexity index is 843. The van der Waals surface area contributed by atoms with Crippen molar-refractivity contribution in [2.75, 3.05) is 12.1 Å². The first kappa shape index (κ1) is 14.8. The van der Waals surface area contributed by atoms with E-state index in [2.05, 4.69) is 70.4 Å². The van der Waals surface area contributed by atoms with E-state index in [4.69, 9.17) is 4.74 Å². The van der Waals surface area contributed by atoms with Crippen molar-refractivity contribution in [3.05, 3.63) is 88.6 Å². The van der Waals surface area contributed by atoms with Gasteiger partial charge in [0, 0.05) is 10.4 Å². The first-order valence-corrected chi connectivity index (χ1v) is 8.74. The van der Waals surface area contributed by atoms with Crippen LogP contribution in [0.2, 0.25) is 0 Å². The Morgan fingerprint density at radius 3 is 2.62 bits per heavy atom. The lowest BCUT2D eigenvalue weighted by Gasteiger charge is -2.26. The summed E-state index contributed by atoms with van der Waals surface area (Å²) in [6, 6.07) is 23.0. The minimum absolute atomic E-state index is 0.175. The van der Waals surface area contributed by atoms with E-state index in [1.165, 1.54) is 4.88 Å². The summed E-state index contributed by atoms with van der Waals surface area (Å²) in [6.45, 7) is 0. The monoisotopic (exact) mass is 334 g/mol. The van der Waals surface area contributed by atoms with E-state index >= 15 is 0 Å². The molecule has 0 radical (unpaired) electrons. The van der Waals surface area contributed by atoms with Crippen molar-refractivity contribution in [2.45, 2.75) is 6.04 Å². The number of nitrogens with one attached hydrogen (secondary N) is 1. The van der Waals surface area contributed by atoms with Crippen molar-refractivity contribution in [3.8, 4) is 5.75 Å². The van der Waals surface area contributed by atoms with Gasteiger partial charge in [0.15, 0.2) is 0 Å². The molecule has 0 bridgehead atoms. The highest BCUT2D eigenvalue weighted by Gasteiger charge is 2.27. The summed E-state index contributed by atoms with van der Waals surface area (Å²) < 4.78 is 5.36. The maximum absolute atomic E-state index is 5.36. The van der Waals surface area contributed by atoms with Gasteiger partial charge in [0.1, 0.15) is 11.8 Å². The quantitative estimate of drug-likeness (QED) is 0.737. The van der Waals surface area contributed by atoms with Gasteiger partial charge in [0.05, 0.1) is 18.5 Å². The van der Waals surface area contributed by atoms with Crippen LogP contribution >= 0.6 is 11.3 Å². The minimum atomic E-state index is 0.175. The van der Waals surface area contributed by atoms with E-state index in [-0.39, 0.29) is 6.04 Å². The fourth-order valence-electron chi connectivity index (χ4n) is 2.90. The molecule has 1 aliphatic heterocycles. The molecule has 4 heteroatoms. The van der Waals surface area contributed by atoms with Crippen LogP contribution in [0.1, 0.15) is 16.5 Å². The van der Waals surface area contributed by atoms with Gasteiger partial charge in [-0.15, -0.1) is 11.3 Å². The van der Waals surface area contributed by atoms with Gasteiger partial charge >= 0.3 is 0 Å². The molecule has 2 heterocycles. The first-order chi connectivity index (χ1) is 11.8. The molecule has 0 fully saturated rings. The molecule has 2 aromatic carbocycles. The van der Waals surface area contributed by atoms with Gasteiger partial charge in [0.2, 0.25) is 0 Å². The third-order valence-electron chi connectivity index (χ3n) is 4.09. The Kier molecular flexibility index (Phi) is 3.97. The number of hydrazine groups is 1. The fraction of sp³-hybridized carbons (Fsp3) is 0.100. The Morgan fingerprint density at radius 2 is 1.88 bits per heavy atom. The van der Waals surface area contributed by atoms with Crippen LogP contribution in [0.3, 0.4) is 0 Å². The predicted octanol–water partition coefficient (Wildman–Crippen LogP) is 4.86. The highest BCUT2D eigenvalue weighted by Crippen LogP contribution is 2.37. The average molecular weight is 334 g/mol. The molecule has 0 amide bonds. The average Bonchev–Trinajstić information content (AvgIpc) is 3.32. The number of hydrogen-bond acceptors (Lipinski definition) is 4. The zero-order chi connectivity index (χ0) is 16.4. The largest absolute Gasteiger partial charge is 0.497 e. The molecule has 1 atom stereocenters. The number of rotatable bonds is 4. The molecule has 0 saturated heterocycles. The predicted molar refractivity (Wildman–Crippen MR) is 100 cm³/mol. The van der Waals surface area contributed by atoms with Crippen LogP contribution in [0.5, 0.6) is 5.75 Å². The molecule has 1 N–H and O–H groups in total. The van der Waals surface area contributed by atoms with Crippen molar-refractivity contribution < 1.29 is 4.74 Å². The highest BCUT2D eigenvalue weighted by atomic mass is 32.1. The molecule has 1 unspecified atom stereocenters. The van der Waals surface area contributed by atoms with Crippen molar-refractivity contribution in [1.29, 1.82) is 0 Å². The summed E-state index contributed by atoms with van der Waals surface area (Å²) >= 11 is 1.77. The summed E-state index contributed by atoms with van der Waals surface area (Å²) in [5, 5.41) is 4.33. The molecule has 4 rings (SSSR count). The summed E-state index contributed by atoms with van der Waals surface area (Å²) in [5.41, 5.74) is 6.92. The van der Waals surface area contributed by atoms with E-state index in [1.807, 2.05) is 18.2 Å². The Hall–Kier alpha value is -2.72. The second-order valence-electron chi connectivity index (χ2n) is 5.59. The number of ether oxygens (including phenoxy) is 1. The van der Waals surface area contributed by atoms with E-state index < -0.39 is 0 Å². The van der Waals surface area contributed by atoms with Crippen LogP contribution in [0.15, 0.2) is 78.2 Å². The second-order valence-corrected chi connectivity index (χ2v) is 6.57. The minimum Gasteiger partial charge on any atom is -0.497 e. The van der Waals surface area contributed by atoms with Gasteiger partial charge in [0.25, 0.3) is 0 Å².